The molecular formula is C20H22N6O. The van der Waals surface area contributed by atoms with E-state index in [1.807, 2.05) is 25.4 Å². The van der Waals surface area contributed by atoms with E-state index in [0.717, 1.165) is 48.0 Å². The third-order valence-electron chi connectivity index (χ3n) is 5.80. The van der Waals surface area contributed by atoms with Gasteiger partial charge in [0.1, 0.15) is 5.82 Å². The fourth-order valence-electron chi connectivity index (χ4n) is 4.57. The van der Waals surface area contributed by atoms with Crippen LogP contribution >= 0.6 is 0 Å². The lowest BCUT2D eigenvalue weighted by molar-refractivity contribution is -0.137. The molecule has 1 amide bonds. The zero-order valence-corrected chi connectivity index (χ0v) is 15.5. The van der Waals surface area contributed by atoms with Gasteiger partial charge in [0.25, 0.3) is 0 Å². The van der Waals surface area contributed by atoms with Crippen molar-refractivity contribution < 1.29 is 4.79 Å². The number of carbonyl (C=O) groups is 1. The summed E-state index contributed by atoms with van der Waals surface area (Å²) in [5.74, 6) is 0.797. The Morgan fingerprint density at radius 3 is 2.59 bits per heavy atom. The lowest BCUT2D eigenvalue weighted by atomic mass is 9.57. The highest BCUT2D eigenvalue weighted by Gasteiger charge is 2.53. The van der Waals surface area contributed by atoms with Crippen molar-refractivity contribution in [1.82, 2.24) is 24.6 Å². The number of nitrogens with zero attached hydrogens (tertiary/aromatic N) is 5. The summed E-state index contributed by atoms with van der Waals surface area (Å²) in [7, 11) is 4.01. The van der Waals surface area contributed by atoms with E-state index in [2.05, 4.69) is 32.3 Å². The van der Waals surface area contributed by atoms with Gasteiger partial charge in [-0.25, -0.2) is 4.98 Å². The number of pyridine rings is 2. The molecule has 7 nitrogen and oxygen atoms in total. The Hall–Kier alpha value is -2.80. The van der Waals surface area contributed by atoms with Crippen molar-refractivity contribution in [2.75, 3.05) is 25.5 Å². The third kappa shape index (κ3) is 2.88. The van der Waals surface area contributed by atoms with Crippen LogP contribution in [0.15, 0.2) is 36.9 Å². The molecule has 0 radical (unpaired) electrons. The van der Waals surface area contributed by atoms with Gasteiger partial charge in [0.15, 0.2) is 0 Å². The largest absolute Gasteiger partial charge is 0.310 e. The van der Waals surface area contributed by atoms with Crippen molar-refractivity contribution in [3.63, 3.8) is 0 Å². The first-order valence-electron chi connectivity index (χ1n) is 9.24. The fraction of sp³-hybridized carbons (Fsp3) is 0.400. The number of carbonyl (C=O) groups excluding carboxylic acids is 1. The van der Waals surface area contributed by atoms with E-state index in [4.69, 9.17) is 0 Å². The zero-order chi connectivity index (χ0) is 18.6. The number of nitrogens with one attached hydrogen (secondary N) is 1. The second-order valence-corrected chi connectivity index (χ2v) is 8.16. The van der Waals surface area contributed by atoms with Crippen molar-refractivity contribution >= 4 is 22.5 Å². The molecule has 1 saturated carbocycles. The number of anilines is 1. The summed E-state index contributed by atoms with van der Waals surface area (Å²) in [4.78, 5) is 23.7. The number of rotatable bonds is 3. The van der Waals surface area contributed by atoms with Gasteiger partial charge < -0.3 is 10.2 Å². The minimum Gasteiger partial charge on any atom is -0.310 e. The lowest BCUT2D eigenvalue weighted by Crippen LogP contribution is -2.62. The summed E-state index contributed by atoms with van der Waals surface area (Å²) in [6, 6.07) is 3.92. The van der Waals surface area contributed by atoms with Crippen molar-refractivity contribution in [2.45, 2.75) is 12.8 Å². The molecule has 1 N–H and O–H groups in total. The highest BCUT2D eigenvalue weighted by Crippen LogP contribution is 2.51. The van der Waals surface area contributed by atoms with E-state index in [-0.39, 0.29) is 11.8 Å². The first-order chi connectivity index (χ1) is 13.0. The van der Waals surface area contributed by atoms with Crippen LogP contribution in [0.4, 0.5) is 5.82 Å². The summed E-state index contributed by atoms with van der Waals surface area (Å²) in [5.41, 5.74) is 2.22. The van der Waals surface area contributed by atoms with Gasteiger partial charge in [-0.15, -0.1) is 0 Å². The average molecular weight is 362 g/mol. The minimum atomic E-state index is 0.0866. The van der Waals surface area contributed by atoms with Crippen LogP contribution in [0, 0.1) is 11.3 Å². The van der Waals surface area contributed by atoms with Crippen LogP contribution in [0.1, 0.15) is 12.8 Å². The molecule has 1 spiro atoms. The van der Waals surface area contributed by atoms with Gasteiger partial charge in [0, 0.05) is 55.6 Å². The number of aromatic nitrogens is 4. The standard InChI is InChI=1S/C20H22N6O/c1-25-11-20(12-25)5-14(6-20)19(27)24-18-4-13-3-17(16-9-23-26(2)10-16)21-7-15(13)8-22-18/h3-4,7-10,14H,5-6,11-12H2,1-2H3,(H,22,24,27). The van der Waals surface area contributed by atoms with Gasteiger partial charge in [-0.2, -0.15) is 5.10 Å². The Kier molecular flexibility index (Phi) is 3.55. The summed E-state index contributed by atoms with van der Waals surface area (Å²) in [6.07, 6.45) is 9.27. The molecule has 27 heavy (non-hydrogen) atoms. The molecule has 0 bridgehead atoms. The van der Waals surface area contributed by atoms with Gasteiger partial charge >= 0.3 is 0 Å². The monoisotopic (exact) mass is 362 g/mol. The highest BCUT2D eigenvalue weighted by molar-refractivity contribution is 5.95. The number of likely N-dealkylation sites (tertiary alicyclic amines) is 1. The topological polar surface area (TPSA) is 75.9 Å². The van der Waals surface area contributed by atoms with Gasteiger partial charge in [0.2, 0.25) is 5.91 Å². The Labute approximate surface area is 157 Å². The van der Waals surface area contributed by atoms with E-state index in [0.29, 0.717) is 11.2 Å². The molecule has 0 aromatic carbocycles. The predicted octanol–water partition coefficient (Wildman–Crippen LogP) is 2.31. The van der Waals surface area contributed by atoms with Gasteiger partial charge in [0.05, 0.1) is 11.9 Å². The molecule has 4 heterocycles. The smallest absolute Gasteiger partial charge is 0.228 e. The molecule has 3 aromatic heterocycles. The van der Waals surface area contributed by atoms with Crippen molar-refractivity contribution in [2.24, 2.45) is 18.4 Å². The van der Waals surface area contributed by atoms with Gasteiger partial charge in [-0.3, -0.25) is 14.5 Å². The van der Waals surface area contributed by atoms with Crippen LogP contribution in [0.3, 0.4) is 0 Å². The Balaban J connectivity index is 1.32. The normalized spacial score (nSPS) is 19.0. The summed E-state index contributed by atoms with van der Waals surface area (Å²) < 4.78 is 1.75. The molecule has 1 aliphatic carbocycles. The quantitative estimate of drug-likeness (QED) is 0.774. The molecular weight excluding hydrogens is 340 g/mol. The molecule has 3 aromatic rings. The Morgan fingerprint density at radius 1 is 1.11 bits per heavy atom. The molecule has 138 valence electrons. The molecule has 0 atom stereocenters. The molecule has 0 unspecified atom stereocenters. The number of hydrogen-bond donors (Lipinski definition) is 1. The number of fused-ring (bicyclic) bond motifs is 1. The van der Waals surface area contributed by atoms with Crippen LogP contribution in [0.2, 0.25) is 0 Å². The molecule has 2 aliphatic rings. The second kappa shape index (κ2) is 5.85. The van der Waals surface area contributed by atoms with Gasteiger partial charge in [-0.05, 0) is 42.8 Å². The van der Waals surface area contributed by atoms with E-state index in [9.17, 15) is 4.79 Å². The minimum absolute atomic E-state index is 0.0866. The number of aryl methyl sites for hydroxylation is 1. The number of hydrogen-bond acceptors (Lipinski definition) is 5. The maximum atomic E-state index is 12.5. The van der Waals surface area contributed by atoms with Crippen LogP contribution in [0.5, 0.6) is 0 Å². The summed E-state index contributed by atoms with van der Waals surface area (Å²) in [5, 5.41) is 9.14. The van der Waals surface area contributed by atoms with Crippen LogP contribution in [0.25, 0.3) is 22.0 Å². The van der Waals surface area contributed by atoms with Crippen molar-refractivity contribution in [1.29, 1.82) is 0 Å². The molecule has 1 saturated heterocycles. The van der Waals surface area contributed by atoms with Crippen LogP contribution in [-0.4, -0.2) is 50.7 Å². The van der Waals surface area contributed by atoms with E-state index in [1.54, 1.807) is 23.3 Å². The van der Waals surface area contributed by atoms with Crippen LogP contribution < -0.4 is 5.32 Å². The first kappa shape index (κ1) is 16.4. The second-order valence-electron chi connectivity index (χ2n) is 8.16. The van der Waals surface area contributed by atoms with E-state index in [1.165, 1.54) is 0 Å². The van der Waals surface area contributed by atoms with Crippen LogP contribution in [-0.2, 0) is 11.8 Å². The molecule has 5 rings (SSSR count). The SMILES string of the molecule is CN1CC2(CC(C(=O)Nc3cc4cc(-c5cnn(C)c5)ncc4cn3)C2)C1. The van der Waals surface area contributed by atoms with Gasteiger partial charge in [-0.1, -0.05) is 0 Å². The first-order valence-corrected chi connectivity index (χ1v) is 9.24. The van der Waals surface area contributed by atoms with E-state index < -0.39 is 0 Å². The predicted molar refractivity (Wildman–Crippen MR) is 103 cm³/mol. The van der Waals surface area contributed by atoms with E-state index >= 15 is 0 Å². The number of amides is 1. The Bertz CT molecular complexity index is 1030. The fourth-order valence-corrected chi connectivity index (χ4v) is 4.57. The Morgan fingerprint density at radius 2 is 1.89 bits per heavy atom. The highest BCUT2D eigenvalue weighted by atomic mass is 16.2. The third-order valence-corrected chi connectivity index (χ3v) is 5.80. The van der Waals surface area contributed by atoms with Crippen molar-refractivity contribution in [3.8, 4) is 11.3 Å². The zero-order valence-electron chi connectivity index (χ0n) is 15.5. The lowest BCUT2D eigenvalue weighted by Gasteiger charge is -2.57. The maximum absolute atomic E-state index is 12.5. The molecule has 7 heteroatoms. The molecule has 2 fully saturated rings. The molecule has 1 aliphatic heterocycles. The average Bonchev–Trinajstić information content (AvgIpc) is 3.02. The summed E-state index contributed by atoms with van der Waals surface area (Å²) in [6.45, 7) is 2.24. The van der Waals surface area contributed by atoms with Crippen molar-refractivity contribution in [3.05, 3.63) is 36.9 Å². The summed E-state index contributed by atoms with van der Waals surface area (Å²) >= 11 is 0. The maximum Gasteiger partial charge on any atom is 0.228 e.